The first-order valence-electron chi connectivity index (χ1n) is 6.22. The zero-order valence-corrected chi connectivity index (χ0v) is 12.4. The molecule has 0 aliphatic carbocycles. The summed E-state index contributed by atoms with van der Waals surface area (Å²) in [5.74, 6) is -0.00645. The summed E-state index contributed by atoms with van der Waals surface area (Å²) in [5.41, 5.74) is 2.23. The fourth-order valence-corrected chi connectivity index (χ4v) is 2.52. The molecule has 0 saturated heterocycles. The molecule has 100 valence electrons. The molecule has 0 N–H and O–H groups in total. The largest absolute Gasteiger partial charge is 0.494 e. The maximum Gasteiger partial charge on any atom is 0.165 e. The second-order valence-electron chi connectivity index (χ2n) is 4.39. The molecule has 2 rings (SSSR count). The van der Waals surface area contributed by atoms with Crippen molar-refractivity contribution in [3.8, 4) is 5.75 Å². The molecule has 1 atom stereocenters. The minimum atomic E-state index is -0.300. The zero-order chi connectivity index (χ0) is 13.7. The van der Waals surface area contributed by atoms with Gasteiger partial charge >= 0.3 is 0 Å². The van der Waals surface area contributed by atoms with E-state index >= 15 is 0 Å². The highest BCUT2D eigenvalue weighted by molar-refractivity contribution is 9.09. The number of halogens is 2. The van der Waals surface area contributed by atoms with E-state index in [1.807, 2.05) is 24.3 Å². The molecule has 0 radical (unpaired) electrons. The summed E-state index contributed by atoms with van der Waals surface area (Å²) >= 11 is 3.67. The van der Waals surface area contributed by atoms with Gasteiger partial charge in [-0.05, 0) is 36.1 Å². The first kappa shape index (κ1) is 14.1. The second-order valence-corrected chi connectivity index (χ2v) is 5.49. The van der Waals surface area contributed by atoms with E-state index < -0.39 is 0 Å². The van der Waals surface area contributed by atoms with Crippen LogP contribution in [0.15, 0.2) is 48.5 Å². The Morgan fingerprint density at radius 1 is 1.16 bits per heavy atom. The van der Waals surface area contributed by atoms with Crippen LogP contribution in [-0.2, 0) is 6.42 Å². The molecule has 2 aromatic rings. The smallest absolute Gasteiger partial charge is 0.165 e. The van der Waals surface area contributed by atoms with Crippen LogP contribution in [0.4, 0.5) is 4.39 Å². The maximum atomic E-state index is 13.6. The third-order valence-corrected chi connectivity index (χ3v) is 4.05. The van der Waals surface area contributed by atoms with Crippen LogP contribution in [-0.4, -0.2) is 7.11 Å². The molecule has 0 aromatic heterocycles. The Balaban J connectivity index is 1.97. The third-order valence-electron chi connectivity index (χ3n) is 3.06. The Morgan fingerprint density at radius 3 is 2.53 bits per heavy atom. The van der Waals surface area contributed by atoms with E-state index in [0.717, 1.165) is 18.4 Å². The number of hydrogen-bond donors (Lipinski definition) is 0. The Bertz CT molecular complexity index is 528. The molecular formula is C16H16BrFO. The molecule has 1 nitrogen and oxygen atoms in total. The van der Waals surface area contributed by atoms with Gasteiger partial charge in [0, 0.05) is 4.83 Å². The summed E-state index contributed by atoms with van der Waals surface area (Å²) in [5, 5.41) is 0. The van der Waals surface area contributed by atoms with E-state index in [-0.39, 0.29) is 5.82 Å². The fraction of sp³-hybridized carbons (Fsp3) is 0.250. The van der Waals surface area contributed by atoms with Gasteiger partial charge in [0.1, 0.15) is 0 Å². The van der Waals surface area contributed by atoms with Crippen molar-refractivity contribution in [1.82, 2.24) is 0 Å². The van der Waals surface area contributed by atoms with Crippen LogP contribution in [0.5, 0.6) is 5.75 Å². The maximum absolute atomic E-state index is 13.6. The first-order valence-corrected chi connectivity index (χ1v) is 7.13. The number of benzene rings is 2. The van der Waals surface area contributed by atoms with E-state index in [0.29, 0.717) is 10.6 Å². The van der Waals surface area contributed by atoms with Gasteiger partial charge in [-0.25, -0.2) is 4.39 Å². The van der Waals surface area contributed by atoms with Gasteiger partial charge in [0.25, 0.3) is 0 Å². The molecule has 0 aliphatic rings. The van der Waals surface area contributed by atoms with Crippen molar-refractivity contribution in [3.63, 3.8) is 0 Å². The average Bonchev–Trinajstić information content (AvgIpc) is 2.46. The lowest BCUT2D eigenvalue weighted by molar-refractivity contribution is 0.386. The summed E-state index contributed by atoms with van der Waals surface area (Å²) in [6.45, 7) is 0. The summed E-state index contributed by atoms with van der Waals surface area (Å²) in [7, 11) is 1.47. The zero-order valence-electron chi connectivity index (χ0n) is 10.8. The van der Waals surface area contributed by atoms with Crippen LogP contribution in [0.3, 0.4) is 0 Å². The van der Waals surface area contributed by atoms with E-state index in [2.05, 4.69) is 28.1 Å². The Morgan fingerprint density at radius 2 is 1.89 bits per heavy atom. The molecule has 2 aromatic carbocycles. The molecule has 0 heterocycles. The van der Waals surface area contributed by atoms with Gasteiger partial charge in [-0.2, -0.15) is 0 Å². The fourth-order valence-electron chi connectivity index (χ4n) is 1.99. The van der Waals surface area contributed by atoms with E-state index in [4.69, 9.17) is 4.74 Å². The number of rotatable bonds is 5. The summed E-state index contributed by atoms with van der Waals surface area (Å²) < 4.78 is 18.5. The molecule has 0 spiro atoms. The van der Waals surface area contributed by atoms with Crippen molar-refractivity contribution < 1.29 is 9.13 Å². The SMILES string of the molecule is COc1ccc(CCC(Br)c2ccccc2)cc1F. The summed E-state index contributed by atoms with van der Waals surface area (Å²) in [4.78, 5) is 0.291. The Labute approximate surface area is 121 Å². The van der Waals surface area contributed by atoms with Gasteiger partial charge in [0.2, 0.25) is 0 Å². The number of methoxy groups -OCH3 is 1. The standard InChI is InChI=1S/C16H16BrFO/c1-19-16-10-8-12(11-15(16)18)7-9-14(17)13-5-3-2-4-6-13/h2-6,8,10-11,14H,7,9H2,1H3. The van der Waals surface area contributed by atoms with E-state index in [9.17, 15) is 4.39 Å². The minimum Gasteiger partial charge on any atom is -0.494 e. The van der Waals surface area contributed by atoms with Crippen molar-refractivity contribution >= 4 is 15.9 Å². The minimum absolute atomic E-state index is 0.291. The molecule has 0 bridgehead atoms. The topological polar surface area (TPSA) is 9.23 Å². The summed E-state index contributed by atoms with van der Waals surface area (Å²) in [6.07, 6.45) is 1.75. The average molecular weight is 323 g/mol. The van der Waals surface area contributed by atoms with Crippen LogP contribution in [0.2, 0.25) is 0 Å². The van der Waals surface area contributed by atoms with Crippen molar-refractivity contribution in [2.75, 3.05) is 7.11 Å². The van der Waals surface area contributed by atoms with Crippen molar-refractivity contribution in [2.24, 2.45) is 0 Å². The summed E-state index contributed by atoms with van der Waals surface area (Å²) in [6, 6.07) is 15.4. The highest BCUT2D eigenvalue weighted by atomic mass is 79.9. The van der Waals surface area contributed by atoms with Crippen LogP contribution >= 0.6 is 15.9 Å². The Kier molecular flexibility index (Phi) is 4.97. The van der Waals surface area contributed by atoms with Crippen molar-refractivity contribution in [1.29, 1.82) is 0 Å². The lowest BCUT2D eigenvalue weighted by Gasteiger charge is -2.10. The predicted octanol–water partition coefficient (Wildman–Crippen LogP) is 4.90. The monoisotopic (exact) mass is 322 g/mol. The third kappa shape index (κ3) is 3.80. The predicted molar refractivity (Wildman–Crippen MR) is 79.4 cm³/mol. The quantitative estimate of drug-likeness (QED) is 0.711. The Hall–Kier alpha value is -1.35. The second kappa shape index (κ2) is 6.71. The first-order chi connectivity index (χ1) is 9.20. The molecule has 19 heavy (non-hydrogen) atoms. The number of ether oxygens (including phenoxy) is 1. The van der Waals surface area contributed by atoms with E-state index in [1.165, 1.54) is 12.7 Å². The molecule has 3 heteroatoms. The van der Waals surface area contributed by atoms with E-state index in [1.54, 1.807) is 12.1 Å². The molecule has 1 unspecified atom stereocenters. The van der Waals surface area contributed by atoms with Gasteiger partial charge in [0.15, 0.2) is 11.6 Å². The molecular weight excluding hydrogens is 307 g/mol. The lowest BCUT2D eigenvalue weighted by Crippen LogP contribution is -1.95. The van der Waals surface area contributed by atoms with Crippen molar-refractivity contribution in [2.45, 2.75) is 17.7 Å². The van der Waals surface area contributed by atoms with Crippen LogP contribution in [0.25, 0.3) is 0 Å². The highest BCUT2D eigenvalue weighted by Crippen LogP contribution is 2.28. The number of hydrogen-bond acceptors (Lipinski definition) is 1. The normalized spacial score (nSPS) is 12.2. The van der Waals surface area contributed by atoms with Gasteiger partial charge in [-0.3, -0.25) is 0 Å². The van der Waals surface area contributed by atoms with Crippen LogP contribution in [0, 0.1) is 5.82 Å². The van der Waals surface area contributed by atoms with Gasteiger partial charge in [0.05, 0.1) is 7.11 Å². The van der Waals surface area contributed by atoms with Crippen LogP contribution in [0.1, 0.15) is 22.4 Å². The molecule has 0 saturated carbocycles. The van der Waals surface area contributed by atoms with Crippen molar-refractivity contribution in [3.05, 3.63) is 65.5 Å². The number of aryl methyl sites for hydroxylation is 1. The lowest BCUT2D eigenvalue weighted by atomic mass is 10.0. The molecule has 0 aliphatic heterocycles. The highest BCUT2D eigenvalue weighted by Gasteiger charge is 2.08. The van der Waals surface area contributed by atoms with Crippen LogP contribution < -0.4 is 4.74 Å². The van der Waals surface area contributed by atoms with Gasteiger partial charge in [-0.15, -0.1) is 0 Å². The molecule has 0 fully saturated rings. The number of alkyl halides is 1. The molecule has 0 amide bonds. The van der Waals surface area contributed by atoms with Gasteiger partial charge < -0.3 is 4.74 Å². The van der Waals surface area contributed by atoms with Gasteiger partial charge in [-0.1, -0.05) is 52.3 Å².